The number of aliphatic hydroxyl groups is 1. The van der Waals surface area contributed by atoms with Crippen LogP contribution in [-0.2, 0) is 17.9 Å². The SMILES string of the molecule is COc1cc(CN2CCN(C(C)=O)CC(O)(COc3ccc(C)cc3)C2)ccc1OCCCn1cc(C)cn1. The van der Waals surface area contributed by atoms with E-state index in [0.717, 1.165) is 29.7 Å². The maximum absolute atomic E-state index is 12.2. The van der Waals surface area contributed by atoms with Gasteiger partial charge in [-0.15, -0.1) is 0 Å². The van der Waals surface area contributed by atoms with Gasteiger partial charge < -0.3 is 24.2 Å². The van der Waals surface area contributed by atoms with E-state index in [9.17, 15) is 9.90 Å². The maximum Gasteiger partial charge on any atom is 0.219 e. The number of ether oxygens (including phenoxy) is 3. The number of carbonyl (C=O) groups excluding carboxylic acids is 1. The molecule has 1 aromatic heterocycles. The van der Waals surface area contributed by atoms with Gasteiger partial charge in [-0.2, -0.15) is 5.10 Å². The molecule has 2 heterocycles. The topological polar surface area (TPSA) is 89.3 Å². The molecule has 1 fully saturated rings. The predicted octanol–water partition coefficient (Wildman–Crippen LogP) is 3.45. The van der Waals surface area contributed by atoms with Crippen molar-refractivity contribution in [2.24, 2.45) is 0 Å². The molecular formula is C30H40N4O5. The van der Waals surface area contributed by atoms with E-state index in [1.165, 1.54) is 6.92 Å². The number of aryl methyl sites for hydroxylation is 3. The summed E-state index contributed by atoms with van der Waals surface area (Å²) in [5, 5.41) is 15.9. The molecule has 1 aliphatic rings. The fourth-order valence-electron chi connectivity index (χ4n) is 4.77. The van der Waals surface area contributed by atoms with Crippen LogP contribution in [0.3, 0.4) is 0 Å². The quantitative estimate of drug-likeness (QED) is 0.376. The van der Waals surface area contributed by atoms with Gasteiger partial charge in [-0.3, -0.25) is 14.4 Å². The minimum absolute atomic E-state index is 0.0588. The Bertz CT molecular complexity index is 1230. The molecule has 0 radical (unpaired) electrons. The van der Waals surface area contributed by atoms with Crippen LogP contribution in [-0.4, -0.2) is 82.7 Å². The summed E-state index contributed by atoms with van der Waals surface area (Å²) in [7, 11) is 1.64. The summed E-state index contributed by atoms with van der Waals surface area (Å²) >= 11 is 0. The van der Waals surface area contributed by atoms with Crippen LogP contribution in [0.25, 0.3) is 0 Å². The molecule has 0 bridgehead atoms. The number of nitrogens with zero attached hydrogens (tertiary/aromatic N) is 4. The number of hydrogen-bond acceptors (Lipinski definition) is 7. The van der Waals surface area contributed by atoms with E-state index >= 15 is 0 Å². The van der Waals surface area contributed by atoms with Crippen molar-refractivity contribution in [3.63, 3.8) is 0 Å². The molecule has 9 heteroatoms. The zero-order chi connectivity index (χ0) is 27.8. The monoisotopic (exact) mass is 536 g/mol. The number of methoxy groups -OCH3 is 1. The maximum atomic E-state index is 12.2. The van der Waals surface area contributed by atoms with E-state index in [1.807, 2.05) is 73.4 Å². The molecule has 1 atom stereocenters. The first kappa shape index (κ1) is 28.4. The van der Waals surface area contributed by atoms with Crippen molar-refractivity contribution in [2.75, 3.05) is 46.5 Å². The number of benzene rings is 2. The van der Waals surface area contributed by atoms with Crippen LogP contribution in [0.2, 0.25) is 0 Å². The van der Waals surface area contributed by atoms with Gasteiger partial charge in [0.1, 0.15) is 18.0 Å². The smallest absolute Gasteiger partial charge is 0.219 e. The van der Waals surface area contributed by atoms with Crippen LogP contribution in [0.4, 0.5) is 0 Å². The largest absolute Gasteiger partial charge is 0.493 e. The van der Waals surface area contributed by atoms with Gasteiger partial charge in [0.25, 0.3) is 0 Å². The van der Waals surface area contributed by atoms with Crippen molar-refractivity contribution >= 4 is 5.91 Å². The summed E-state index contributed by atoms with van der Waals surface area (Å²) < 4.78 is 19.5. The molecule has 210 valence electrons. The zero-order valence-electron chi connectivity index (χ0n) is 23.4. The molecule has 0 spiro atoms. The Labute approximate surface area is 230 Å². The average Bonchev–Trinajstić information content (AvgIpc) is 3.25. The van der Waals surface area contributed by atoms with Crippen LogP contribution in [0.5, 0.6) is 17.2 Å². The molecule has 3 aromatic rings. The summed E-state index contributed by atoms with van der Waals surface area (Å²) in [6.07, 6.45) is 4.70. The molecule has 39 heavy (non-hydrogen) atoms. The Kier molecular flexibility index (Phi) is 9.48. The second-order valence-corrected chi connectivity index (χ2v) is 10.4. The minimum Gasteiger partial charge on any atom is -0.493 e. The Balaban J connectivity index is 1.38. The van der Waals surface area contributed by atoms with Crippen molar-refractivity contribution in [3.8, 4) is 17.2 Å². The highest BCUT2D eigenvalue weighted by atomic mass is 16.5. The van der Waals surface area contributed by atoms with Crippen LogP contribution < -0.4 is 14.2 Å². The highest BCUT2D eigenvalue weighted by molar-refractivity contribution is 5.73. The first-order valence-corrected chi connectivity index (χ1v) is 13.4. The van der Waals surface area contributed by atoms with E-state index < -0.39 is 5.60 Å². The van der Waals surface area contributed by atoms with Crippen molar-refractivity contribution in [1.29, 1.82) is 0 Å². The second-order valence-electron chi connectivity index (χ2n) is 10.4. The fraction of sp³-hybridized carbons (Fsp3) is 0.467. The van der Waals surface area contributed by atoms with E-state index in [1.54, 1.807) is 12.0 Å². The molecule has 1 aliphatic heterocycles. The molecule has 2 aromatic carbocycles. The van der Waals surface area contributed by atoms with Gasteiger partial charge in [-0.25, -0.2) is 0 Å². The molecule has 1 amide bonds. The van der Waals surface area contributed by atoms with Crippen LogP contribution >= 0.6 is 0 Å². The summed E-state index contributed by atoms with van der Waals surface area (Å²) in [6.45, 7) is 9.37. The van der Waals surface area contributed by atoms with Gasteiger partial charge in [0.15, 0.2) is 11.5 Å². The Morgan fingerprint density at radius 1 is 1.03 bits per heavy atom. The molecule has 9 nitrogen and oxygen atoms in total. The standard InChI is InChI=1S/C30H40N4O5/c1-23-6-9-27(10-7-23)39-22-30(36)20-32(13-14-33(21-30)25(3)35)19-26-8-11-28(29(16-26)37-4)38-15-5-12-34-18-24(2)17-31-34/h6-11,16-18,36H,5,12-15,19-22H2,1-4H3. The van der Waals surface area contributed by atoms with Gasteiger partial charge in [0, 0.05) is 52.3 Å². The Morgan fingerprint density at radius 2 is 1.82 bits per heavy atom. The second kappa shape index (κ2) is 13.0. The molecule has 1 unspecified atom stereocenters. The summed E-state index contributed by atoms with van der Waals surface area (Å²) in [5.41, 5.74) is 2.10. The lowest BCUT2D eigenvalue weighted by atomic mass is 10.0. The summed E-state index contributed by atoms with van der Waals surface area (Å²) in [4.78, 5) is 16.1. The van der Waals surface area contributed by atoms with Crippen molar-refractivity contribution in [3.05, 3.63) is 71.5 Å². The lowest BCUT2D eigenvalue weighted by molar-refractivity contribution is -0.132. The highest BCUT2D eigenvalue weighted by Gasteiger charge is 2.37. The van der Waals surface area contributed by atoms with E-state index in [4.69, 9.17) is 14.2 Å². The van der Waals surface area contributed by atoms with Gasteiger partial charge in [0.05, 0.1) is 26.5 Å². The van der Waals surface area contributed by atoms with Crippen molar-refractivity contribution < 1.29 is 24.1 Å². The van der Waals surface area contributed by atoms with Gasteiger partial charge in [-0.05, 0) is 49.2 Å². The first-order chi connectivity index (χ1) is 18.7. The van der Waals surface area contributed by atoms with E-state index in [2.05, 4.69) is 10.00 Å². The van der Waals surface area contributed by atoms with E-state index in [-0.39, 0.29) is 19.1 Å². The van der Waals surface area contributed by atoms with Crippen molar-refractivity contribution in [2.45, 2.75) is 45.9 Å². The zero-order valence-corrected chi connectivity index (χ0v) is 23.4. The van der Waals surface area contributed by atoms with Crippen LogP contribution in [0.15, 0.2) is 54.9 Å². The predicted molar refractivity (Wildman–Crippen MR) is 149 cm³/mol. The third kappa shape index (κ3) is 8.21. The first-order valence-electron chi connectivity index (χ1n) is 13.4. The Morgan fingerprint density at radius 3 is 2.51 bits per heavy atom. The number of β-amino-alcohol motifs (C(OH)–C–C–N with tert-alkyl or cyclic N) is 1. The van der Waals surface area contributed by atoms with Crippen LogP contribution in [0.1, 0.15) is 30.0 Å². The van der Waals surface area contributed by atoms with Gasteiger partial charge >= 0.3 is 0 Å². The summed E-state index contributed by atoms with van der Waals surface area (Å²) in [5.74, 6) is 2.00. The van der Waals surface area contributed by atoms with Gasteiger partial charge in [-0.1, -0.05) is 23.8 Å². The molecule has 1 N–H and O–H groups in total. The lowest BCUT2D eigenvalue weighted by Crippen LogP contribution is -2.51. The molecule has 0 saturated carbocycles. The number of amides is 1. The minimum atomic E-state index is -1.21. The molecule has 4 rings (SSSR count). The van der Waals surface area contributed by atoms with E-state index in [0.29, 0.717) is 50.0 Å². The molecule has 0 aliphatic carbocycles. The molecule has 1 saturated heterocycles. The molecular weight excluding hydrogens is 496 g/mol. The lowest BCUT2D eigenvalue weighted by Gasteiger charge is -2.32. The number of hydrogen-bond donors (Lipinski definition) is 1. The van der Waals surface area contributed by atoms with Crippen molar-refractivity contribution in [1.82, 2.24) is 19.6 Å². The Hall–Kier alpha value is -3.56. The third-order valence-electron chi connectivity index (χ3n) is 6.85. The number of aromatic nitrogens is 2. The normalized spacial score (nSPS) is 18.0. The number of carbonyl (C=O) groups is 1. The number of rotatable bonds is 11. The van der Waals surface area contributed by atoms with Gasteiger partial charge in [0.2, 0.25) is 5.91 Å². The highest BCUT2D eigenvalue weighted by Crippen LogP contribution is 2.29. The third-order valence-corrected chi connectivity index (χ3v) is 6.85. The fourth-order valence-corrected chi connectivity index (χ4v) is 4.77. The van der Waals surface area contributed by atoms with Crippen LogP contribution in [0, 0.1) is 13.8 Å². The summed E-state index contributed by atoms with van der Waals surface area (Å²) in [6, 6.07) is 13.7. The average molecular weight is 537 g/mol.